The number of fused-ring (bicyclic) bond motifs is 1. The lowest BCUT2D eigenvalue weighted by atomic mass is 10.2. The standard InChI is InChI=1S/C16H14FNO/c1-11(18-14-8-4-3-7-13(14)17)16-10-12-6-2-5-9-15(12)19-16/h2-11,18H,1H3. The highest BCUT2D eigenvalue weighted by Crippen LogP contribution is 2.26. The largest absolute Gasteiger partial charge is 0.459 e. The second-order valence-electron chi connectivity index (χ2n) is 4.53. The van der Waals surface area contributed by atoms with Crippen LogP contribution in [0.5, 0.6) is 0 Å². The molecule has 0 spiro atoms. The second-order valence-corrected chi connectivity index (χ2v) is 4.53. The SMILES string of the molecule is CC(Nc1ccccc1F)c1cc2ccccc2o1. The smallest absolute Gasteiger partial charge is 0.146 e. The van der Waals surface area contributed by atoms with Gasteiger partial charge in [-0.15, -0.1) is 0 Å². The van der Waals surface area contributed by atoms with E-state index in [1.54, 1.807) is 18.2 Å². The summed E-state index contributed by atoms with van der Waals surface area (Å²) in [5.41, 5.74) is 1.33. The number of benzene rings is 2. The number of furan rings is 1. The molecule has 0 aliphatic carbocycles. The quantitative estimate of drug-likeness (QED) is 0.731. The van der Waals surface area contributed by atoms with Crippen molar-refractivity contribution in [1.82, 2.24) is 0 Å². The van der Waals surface area contributed by atoms with E-state index in [-0.39, 0.29) is 11.9 Å². The first kappa shape index (κ1) is 11.8. The van der Waals surface area contributed by atoms with Crippen molar-refractivity contribution in [3.63, 3.8) is 0 Å². The number of hydrogen-bond donors (Lipinski definition) is 1. The maximum Gasteiger partial charge on any atom is 0.146 e. The van der Waals surface area contributed by atoms with Gasteiger partial charge < -0.3 is 9.73 Å². The number of anilines is 1. The summed E-state index contributed by atoms with van der Waals surface area (Å²) < 4.78 is 19.3. The topological polar surface area (TPSA) is 25.2 Å². The van der Waals surface area contributed by atoms with E-state index in [2.05, 4.69) is 5.32 Å². The maximum atomic E-state index is 13.6. The van der Waals surface area contributed by atoms with Crippen LogP contribution in [-0.2, 0) is 0 Å². The molecule has 3 rings (SSSR count). The van der Waals surface area contributed by atoms with E-state index in [0.29, 0.717) is 5.69 Å². The van der Waals surface area contributed by atoms with Crippen LogP contribution in [0.1, 0.15) is 18.7 Å². The molecule has 1 heterocycles. The Morgan fingerprint density at radius 2 is 1.79 bits per heavy atom. The van der Waals surface area contributed by atoms with Crippen LogP contribution in [0.25, 0.3) is 11.0 Å². The zero-order chi connectivity index (χ0) is 13.2. The van der Waals surface area contributed by atoms with Crippen molar-refractivity contribution >= 4 is 16.7 Å². The van der Waals surface area contributed by atoms with E-state index >= 15 is 0 Å². The van der Waals surface area contributed by atoms with Crippen LogP contribution in [0.2, 0.25) is 0 Å². The van der Waals surface area contributed by atoms with Gasteiger partial charge in [0.1, 0.15) is 17.2 Å². The predicted octanol–water partition coefficient (Wildman–Crippen LogP) is 4.75. The van der Waals surface area contributed by atoms with Crippen molar-refractivity contribution in [3.05, 3.63) is 66.2 Å². The van der Waals surface area contributed by atoms with Gasteiger partial charge in [-0.1, -0.05) is 30.3 Å². The van der Waals surface area contributed by atoms with Gasteiger partial charge in [-0.3, -0.25) is 0 Å². The Morgan fingerprint density at radius 1 is 1.05 bits per heavy atom. The lowest BCUT2D eigenvalue weighted by Gasteiger charge is -2.13. The molecule has 3 heteroatoms. The lowest BCUT2D eigenvalue weighted by Crippen LogP contribution is -2.06. The maximum absolute atomic E-state index is 13.6. The number of para-hydroxylation sites is 2. The Bertz CT molecular complexity index is 672. The molecule has 2 nitrogen and oxygen atoms in total. The van der Waals surface area contributed by atoms with E-state index in [4.69, 9.17) is 4.42 Å². The Kier molecular flexibility index (Phi) is 2.95. The Hall–Kier alpha value is -2.29. The van der Waals surface area contributed by atoms with Crippen LogP contribution in [0.4, 0.5) is 10.1 Å². The third-order valence-corrected chi connectivity index (χ3v) is 3.12. The molecule has 0 aliphatic heterocycles. The first-order valence-electron chi connectivity index (χ1n) is 6.23. The van der Waals surface area contributed by atoms with Gasteiger partial charge in [0, 0.05) is 5.39 Å². The van der Waals surface area contributed by atoms with Crippen molar-refractivity contribution in [2.24, 2.45) is 0 Å². The first-order chi connectivity index (χ1) is 9.24. The van der Waals surface area contributed by atoms with Crippen molar-refractivity contribution in [1.29, 1.82) is 0 Å². The van der Waals surface area contributed by atoms with Crippen LogP contribution >= 0.6 is 0 Å². The number of halogens is 1. The van der Waals surface area contributed by atoms with Crippen molar-refractivity contribution in [2.75, 3.05) is 5.32 Å². The molecule has 3 aromatic rings. The summed E-state index contributed by atoms with van der Waals surface area (Å²) >= 11 is 0. The summed E-state index contributed by atoms with van der Waals surface area (Å²) in [7, 11) is 0. The summed E-state index contributed by atoms with van der Waals surface area (Å²) in [6.07, 6.45) is 0. The molecule has 1 atom stereocenters. The molecule has 0 amide bonds. The molecule has 0 fully saturated rings. The van der Waals surface area contributed by atoms with Crippen LogP contribution in [0.15, 0.2) is 59.0 Å². The van der Waals surface area contributed by atoms with E-state index < -0.39 is 0 Å². The summed E-state index contributed by atoms with van der Waals surface area (Å²) in [4.78, 5) is 0. The molecule has 2 aromatic carbocycles. The van der Waals surface area contributed by atoms with Gasteiger partial charge in [0.05, 0.1) is 11.7 Å². The highest BCUT2D eigenvalue weighted by Gasteiger charge is 2.12. The average Bonchev–Trinajstić information content (AvgIpc) is 2.85. The summed E-state index contributed by atoms with van der Waals surface area (Å²) in [5, 5.41) is 4.17. The van der Waals surface area contributed by atoms with Gasteiger partial charge in [-0.05, 0) is 31.2 Å². The number of nitrogens with one attached hydrogen (secondary N) is 1. The van der Waals surface area contributed by atoms with Crippen LogP contribution in [-0.4, -0.2) is 0 Å². The third-order valence-electron chi connectivity index (χ3n) is 3.12. The van der Waals surface area contributed by atoms with E-state index in [1.165, 1.54) is 6.07 Å². The van der Waals surface area contributed by atoms with Gasteiger partial charge in [0.15, 0.2) is 0 Å². The molecule has 1 unspecified atom stereocenters. The zero-order valence-electron chi connectivity index (χ0n) is 10.6. The minimum absolute atomic E-state index is 0.0932. The minimum Gasteiger partial charge on any atom is -0.459 e. The van der Waals surface area contributed by atoms with Gasteiger partial charge in [0.25, 0.3) is 0 Å². The van der Waals surface area contributed by atoms with E-state index in [1.807, 2.05) is 37.3 Å². The molecule has 0 aliphatic rings. The summed E-state index contributed by atoms with van der Waals surface area (Å²) in [5.74, 6) is 0.537. The summed E-state index contributed by atoms with van der Waals surface area (Å²) in [6.45, 7) is 1.95. The second kappa shape index (κ2) is 4.76. The minimum atomic E-state index is -0.259. The molecular formula is C16H14FNO. The highest BCUT2D eigenvalue weighted by atomic mass is 19.1. The molecule has 1 aromatic heterocycles. The molecule has 0 saturated carbocycles. The van der Waals surface area contributed by atoms with Crippen molar-refractivity contribution in [2.45, 2.75) is 13.0 Å². The highest BCUT2D eigenvalue weighted by molar-refractivity contribution is 5.77. The van der Waals surface area contributed by atoms with E-state index in [9.17, 15) is 4.39 Å². The molecule has 19 heavy (non-hydrogen) atoms. The van der Waals surface area contributed by atoms with E-state index in [0.717, 1.165) is 16.7 Å². The third kappa shape index (κ3) is 2.32. The Balaban J connectivity index is 1.87. The Morgan fingerprint density at radius 3 is 2.58 bits per heavy atom. The molecule has 0 saturated heterocycles. The van der Waals surface area contributed by atoms with Crippen molar-refractivity contribution < 1.29 is 8.81 Å². The molecule has 0 bridgehead atoms. The fraction of sp³-hybridized carbons (Fsp3) is 0.125. The fourth-order valence-corrected chi connectivity index (χ4v) is 2.10. The zero-order valence-corrected chi connectivity index (χ0v) is 10.6. The molecule has 96 valence electrons. The normalized spacial score (nSPS) is 12.5. The molecule has 0 radical (unpaired) electrons. The summed E-state index contributed by atoms with van der Waals surface area (Å²) in [6, 6.07) is 16.3. The van der Waals surface area contributed by atoms with Crippen LogP contribution in [0.3, 0.4) is 0 Å². The van der Waals surface area contributed by atoms with Crippen molar-refractivity contribution in [3.8, 4) is 0 Å². The Labute approximate surface area is 110 Å². The van der Waals surface area contributed by atoms with Gasteiger partial charge in [-0.2, -0.15) is 0 Å². The first-order valence-corrected chi connectivity index (χ1v) is 6.23. The number of hydrogen-bond acceptors (Lipinski definition) is 2. The number of rotatable bonds is 3. The molecular weight excluding hydrogens is 241 g/mol. The average molecular weight is 255 g/mol. The molecule has 1 N–H and O–H groups in total. The van der Waals surface area contributed by atoms with Crippen LogP contribution < -0.4 is 5.32 Å². The van der Waals surface area contributed by atoms with Gasteiger partial charge >= 0.3 is 0 Å². The van der Waals surface area contributed by atoms with Gasteiger partial charge in [-0.25, -0.2) is 4.39 Å². The lowest BCUT2D eigenvalue weighted by molar-refractivity contribution is 0.524. The monoisotopic (exact) mass is 255 g/mol. The van der Waals surface area contributed by atoms with Crippen LogP contribution in [0, 0.1) is 5.82 Å². The predicted molar refractivity (Wildman–Crippen MR) is 74.7 cm³/mol. The fourth-order valence-electron chi connectivity index (χ4n) is 2.10. The van der Waals surface area contributed by atoms with Gasteiger partial charge in [0.2, 0.25) is 0 Å².